The molecular formula is C6H9BrO3. The van der Waals surface area contributed by atoms with Crippen molar-refractivity contribution in [3.8, 4) is 0 Å². The van der Waals surface area contributed by atoms with E-state index in [0.29, 0.717) is 6.61 Å². The molecule has 0 amide bonds. The fourth-order valence-corrected chi connectivity index (χ4v) is 0.841. The highest BCUT2D eigenvalue weighted by molar-refractivity contribution is 9.09. The molecule has 0 radical (unpaired) electrons. The summed E-state index contributed by atoms with van der Waals surface area (Å²) in [5, 5.41) is 8.39. The van der Waals surface area contributed by atoms with Gasteiger partial charge >= 0.3 is 5.97 Å². The van der Waals surface area contributed by atoms with Gasteiger partial charge in [-0.3, -0.25) is 0 Å². The maximum atomic E-state index is 10.2. The zero-order valence-corrected chi connectivity index (χ0v) is 7.22. The molecular weight excluding hydrogens is 200 g/mol. The Morgan fingerprint density at radius 1 is 1.90 bits per heavy atom. The normalized spacial score (nSPS) is 12.6. The van der Waals surface area contributed by atoms with E-state index in [0.717, 1.165) is 0 Å². The fourth-order valence-electron chi connectivity index (χ4n) is 0.381. The van der Waals surface area contributed by atoms with Crippen LogP contribution in [0.4, 0.5) is 0 Å². The van der Waals surface area contributed by atoms with Crippen LogP contribution in [-0.2, 0) is 9.53 Å². The number of ether oxygens (including phenoxy) is 1. The Hall–Kier alpha value is -0.350. The molecule has 0 spiro atoms. The van der Waals surface area contributed by atoms with Gasteiger partial charge in [-0.2, -0.15) is 0 Å². The standard InChI is InChI=1S/C6H9BrO3/c1-4(6(8)9)5(7)3-10-2/h5H,1,3H2,2H3,(H,8,9). The van der Waals surface area contributed by atoms with Gasteiger partial charge in [0.25, 0.3) is 0 Å². The van der Waals surface area contributed by atoms with Crippen molar-refractivity contribution >= 4 is 21.9 Å². The molecule has 0 aromatic rings. The minimum atomic E-state index is -1.00. The third-order valence-corrected chi connectivity index (χ3v) is 1.78. The van der Waals surface area contributed by atoms with Crippen molar-refractivity contribution in [3.63, 3.8) is 0 Å². The lowest BCUT2D eigenvalue weighted by Gasteiger charge is -2.06. The average molecular weight is 209 g/mol. The highest BCUT2D eigenvalue weighted by atomic mass is 79.9. The number of hydrogen-bond donors (Lipinski definition) is 1. The maximum absolute atomic E-state index is 10.2. The smallest absolute Gasteiger partial charge is 0.332 e. The zero-order valence-electron chi connectivity index (χ0n) is 5.63. The molecule has 0 saturated heterocycles. The number of hydrogen-bond acceptors (Lipinski definition) is 2. The summed E-state index contributed by atoms with van der Waals surface area (Å²) in [6, 6.07) is 0. The number of rotatable bonds is 4. The summed E-state index contributed by atoms with van der Waals surface area (Å²) in [6.45, 7) is 3.67. The highest BCUT2D eigenvalue weighted by Crippen LogP contribution is 2.10. The third kappa shape index (κ3) is 2.98. The van der Waals surface area contributed by atoms with Crippen LogP contribution < -0.4 is 0 Å². The fraction of sp³-hybridized carbons (Fsp3) is 0.500. The Balaban J connectivity index is 3.82. The summed E-state index contributed by atoms with van der Waals surface area (Å²) in [6.07, 6.45) is 0. The number of alkyl halides is 1. The summed E-state index contributed by atoms with van der Waals surface area (Å²) < 4.78 is 4.70. The van der Waals surface area contributed by atoms with Gasteiger partial charge in [0.15, 0.2) is 0 Å². The molecule has 0 saturated carbocycles. The van der Waals surface area contributed by atoms with Crippen molar-refractivity contribution in [1.29, 1.82) is 0 Å². The van der Waals surface area contributed by atoms with Gasteiger partial charge in [-0.1, -0.05) is 22.5 Å². The van der Waals surface area contributed by atoms with E-state index in [1.54, 1.807) is 0 Å². The summed E-state index contributed by atoms with van der Waals surface area (Å²) in [4.78, 5) is 9.93. The Bertz CT molecular complexity index is 144. The topological polar surface area (TPSA) is 46.5 Å². The number of methoxy groups -OCH3 is 1. The van der Waals surface area contributed by atoms with Crippen molar-refractivity contribution in [3.05, 3.63) is 12.2 Å². The van der Waals surface area contributed by atoms with Crippen molar-refractivity contribution in [2.45, 2.75) is 4.83 Å². The van der Waals surface area contributed by atoms with E-state index in [2.05, 4.69) is 22.5 Å². The summed E-state index contributed by atoms with van der Waals surface area (Å²) >= 11 is 3.10. The minimum Gasteiger partial charge on any atom is -0.478 e. The Kier molecular flexibility index (Phi) is 4.31. The van der Waals surface area contributed by atoms with Crippen molar-refractivity contribution < 1.29 is 14.6 Å². The molecule has 0 aliphatic heterocycles. The van der Waals surface area contributed by atoms with E-state index >= 15 is 0 Å². The molecule has 0 fully saturated rings. The van der Waals surface area contributed by atoms with Gasteiger partial charge in [0.05, 0.1) is 11.4 Å². The van der Waals surface area contributed by atoms with Crippen molar-refractivity contribution in [2.24, 2.45) is 0 Å². The Labute approximate surface area is 67.8 Å². The van der Waals surface area contributed by atoms with Gasteiger partial charge < -0.3 is 9.84 Å². The molecule has 1 atom stereocenters. The second-order valence-electron chi connectivity index (χ2n) is 1.75. The van der Waals surface area contributed by atoms with Gasteiger partial charge in [0.2, 0.25) is 0 Å². The second kappa shape index (κ2) is 4.46. The molecule has 0 aliphatic rings. The molecule has 1 unspecified atom stereocenters. The van der Waals surface area contributed by atoms with Crippen LogP contribution in [0, 0.1) is 0 Å². The van der Waals surface area contributed by atoms with Crippen LogP contribution in [0.1, 0.15) is 0 Å². The highest BCUT2D eigenvalue weighted by Gasteiger charge is 2.13. The largest absolute Gasteiger partial charge is 0.478 e. The Morgan fingerprint density at radius 2 is 2.40 bits per heavy atom. The SMILES string of the molecule is C=C(C(=O)O)C(Br)COC. The van der Waals surface area contributed by atoms with Crippen LogP contribution in [0.25, 0.3) is 0 Å². The first-order chi connectivity index (χ1) is 4.59. The van der Waals surface area contributed by atoms with Gasteiger partial charge in [-0.05, 0) is 0 Å². The number of carboxylic acid groups (broad SMARTS) is 1. The molecule has 1 N–H and O–H groups in total. The molecule has 58 valence electrons. The van der Waals surface area contributed by atoms with Gasteiger partial charge in [-0.25, -0.2) is 4.79 Å². The lowest BCUT2D eigenvalue weighted by Crippen LogP contribution is -2.15. The molecule has 0 aromatic heterocycles. The van der Waals surface area contributed by atoms with E-state index in [1.165, 1.54) is 7.11 Å². The van der Waals surface area contributed by atoms with Gasteiger partial charge in [0.1, 0.15) is 0 Å². The van der Waals surface area contributed by atoms with E-state index < -0.39 is 5.97 Å². The first-order valence-corrected chi connectivity index (χ1v) is 3.56. The van der Waals surface area contributed by atoms with Gasteiger partial charge in [0, 0.05) is 12.7 Å². The number of aliphatic carboxylic acids is 1. The van der Waals surface area contributed by atoms with E-state index in [1.807, 2.05) is 0 Å². The lowest BCUT2D eigenvalue weighted by molar-refractivity contribution is -0.132. The first kappa shape index (κ1) is 9.65. The lowest BCUT2D eigenvalue weighted by atomic mass is 10.2. The number of carbonyl (C=O) groups is 1. The molecule has 0 aromatic carbocycles. The van der Waals surface area contributed by atoms with Crippen molar-refractivity contribution in [1.82, 2.24) is 0 Å². The van der Waals surface area contributed by atoms with E-state index in [4.69, 9.17) is 9.84 Å². The third-order valence-electron chi connectivity index (χ3n) is 0.966. The molecule has 0 bridgehead atoms. The van der Waals surface area contributed by atoms with E-state index in [9.17, 15) is 4.79 Å². The molecule has 3 nitrogen and oxygen atoms in total. The van der Waals surface area contributed by atoms with Gasteiger partial charge in [-0.15, -0.1) is 0 Å². The second-order valence-corrected chi connectivity index (χ2v) is 2.86. The molecule has 0 heterocycles. The maximum Gasteiger partial charge on any atom is 0.332 e. The molecule has 10 heavy (non-hydrogen) atoms. The summed E-state index contributed by atoms with van der Waals surface area (Å²) in [7, 11) is 1.50. The summed E-state index contributed by atoms with van der Waals surface area (Å²) in [5.74, 6) is -1.00. The molecule has 4 heteroatoms. The van der Waals surface area contributed by atoms with Crippen molar-refractivity contribution in [2.75, 3.05) is 13.7 Å². The molecule has 0 aliphatic carbocycles. The Morgan fingerprint density at radius 3 is 2.70 bits per heavy atom. The predicted molar refractivity (Wildman–Crippen MR) is 41.4 cm³/mol. The number of halogens is 1. The van der Waals surface area contributed by atoms with Crippen LogP contribution >= 0.6 is 15.9 Å². The predicted octanol–water partition coefficient (Wildman–Crippen LogP) is 1.04. The first-order valence-electron chi connectivity index (χ1n) is 2.64. The van der Waals surface area contributed by atoms with Crippen LogP contribution in [0.5, 0.6) is 0 Å². The molecule has 0 rings (SSSR count). The summed E-state index contributed by atoms with van der Waals surface area (Å²) in [5.41, 5.74) is 0.113. The average Bonchev–Trinajstić information content (AvgIpc) is 1.87. The van der Waals surface area contributed by atoms with Crippen LogP contribution in [0.15, 0.2) is 12.2 Å². The minimum absolute atomic E-state index is 0.113. The van der Waals surface area contributed by atoms with Crippen LogP contribution in [0.3, 0.4) is 0 Å². The van der Waals surface area contributed by atoms with Crippen LogP contribution in [0.2, 0.25) is 0 Å². The quantitative estimate of drug-likeness (QED) is 0.555. The van der Waals surface area contributed by atoms with E-state index in [-0.39, 0.29) is 10.4 Å². The van der Waals surface area contributed by atoms with Crippen LogP contribution in [-0.4, -0.2) is 29.6 Å². The zero-order chi connectivity index (χ0) is 8.15. The monoisotopic (exact) mass is 208 g/mol. The number of carboxylic acids is 1.